The van der Waals surface area contributed by atoms with Crippen LogP contribution >= 0.6 is 0 Å². The highest BCUT2D eigenvalue weighted by Gasteiger charge is 2.21. The van der Waals surface area contributed by atoms with Crippen LogP contribution < -0.4 is 0 Å². The second-order valence-electron chi connectivity index (χ2n) is 7.69. The van der Waals surface area contributed by atoms with Crippen LogP contribution in [0.15, 0.2) is 83.4 Å². The van der Waals surface area contributed by atoms with Gasteiger partial charge in [-0.2, -0.15) is 0 Å². The SMILES string of the molecule is Cc1cnc2c(c1)nc(-c1ccc(C)c3c1oc1ccccc13)n2-c1ccccc1. The van der Waals surface area contributed by atoms with Crippen LogP contribution in [-0.2, 0) is 0 Å². The highest BCUT2D eigenvalue weighted by Crippen LogP contribution is 2.39. The Morgan fingerprint density at radius 2 is 1.67 bits per heavy atom. The average molecular weight is 389 g/mol. The molecule has 0 bridgehead atoms. The van der Waals surface area contributed by atoms with Crippen molar-refractivity contribution in [3.63, 3.8) is 0 Å². The van der Waals surface area contributed by atoms with Gasteiger partial charge in [0.1, 0.15) is 16.7 Å². The molecule has 0 saturated heterocycles. The van der Waals surface area contributed by atoms with E-state index in [1.807, 2.05) is 43.5 Å². The minimum Gasteiger partial charge on any atom is -0.455 e. The number of rotatable bonds is 2. The number of pyridine rings is 1. The Kier molecular flexibility index (Phi) is 3.56. The van der Waals surface area contributed by atoms with E-state index >= 15 is 0 Å². The first-order valence-corrected chi connectivity index (χ1v) is 10.0. The van der Waals surface area contributed by atoms with Gasteiger partial charge in [0, 0.05) is 22.7 Å². The third-order valence-corrected chi connectivity index (χ3v) is 5.62. The maximum Gasteiger partial charge on any atom is 0.164 e. The average Bonchev–Trinajstić information content (AvgIpc) is 3.33. The summed E-state index contributed by atoms with van der Waals surface area (Å²) in [5, 5.41) is 2.27. The van der Waals surface area contributed by atoms with Crippen LogP contribution in [-0.4, -0.2) is 14.5 Å². The Morgan fingerprint density at radius 1 is 0.867 bits per heavy atom. The monoisotopic (exact) mass is 389 g/mol. The first-order valence-electron chi connectivity index (χ1n) is 10.0. The summed E-state index contributed by atoms with van der Waals surface area (Å²) in [6, 6.07) is 24.8. The lowest BCUT2D eigenvalue weighted by atomic mass is 10.0. The number of nitrogens with zero attached hydrogens (tertiary/aromatic N) is 3. The van der Waals surface area contributed by atoms with Crippen LogP contribution in [0.2, 0.25) is 0 Å². The minimum atomic E-state index is 0.832. The van der Waals surface area contributed by atoms with Crippen LogP contribution in [0.4, 0.5) is 0 Å². The van der Waals surface area contributed by atoms with Gasteiger partial charge in [-0.1, -0.05) is 42.5 Å². The van der Waals surface area contributed by atoms with Gasteiger partial charge in [-0.25, -0.2) is 9.97 Å². The van der Waals surface area contributed by atoms with Crippen molar-refractivity contribution in [3.8, 4) is 17.1 Å². The molecule has 3 aromatic carbocycles. The predicted molar refractivity (Wildman–Crippen MR) is 121 cm³/mol. The summed E-state index contributed by atoms with van der Waals surface area (Å²) in [6.45, 7) is 4.16. The van der Waals surface area contributed by atoms with Gasteiger partial charge in [0.2, 0.25) is 0 Å². The molecule has 0 saturated carbocycles. The molecule has 0 amide bonds. The van der Waals surface area contributed by atoms with Crippen molar-refractivity contribution < 1.29 is 4.42 Å². The molecule has 0 fully saturated rings. The zero-order valence-electron chi connectivity index (χ0n) is 16.8. The molecule has 0 unspecified atom stereocenters. The van der Waals surface area contributed by atoms with Crippen LogP contribution in [0.5, 0.6) is 0 Å². The van der Waals surface area contributed by atoms with E-state index in [1.54, 1.807) is 0 Å². The molecular weight excluding hydrogens is 370 g/mol. The van der Waals surface area contributed by atoms with E-state index in [-0.39, 0.29) is 0 Å². The fraction of sp³-hybridized carbons (Fsp3) is 0.0769. The number of aromatic nitrogens is 3. The molecular formula is C26H19N3O. The maximum absolute atomic E-state index is 6.36. The molecule has 0 N–H and O–H groups in total. The second kappa shape index (κ2) is 6.29. The normalized spacial score (nSPS) is 11.7. The third kappa shape index (κ3) is 2.40. The molecule has 6 rings (SSSR count). The zero-order valence-corrected chi connectivity index (χ0v) is 16.8. The van der Waals surface area contributed by atoms with Crippen LogP contribution in [0.25, 0.3) is 50.2 Å². The van der Waals surface area contributed by atoms with E-state index in [2.05, 4.69) is 54.0 Å². The van der Waals surface area contributed by atoms with Gasteiger partial charge < -0.3 is 4.42 Å². The van der Waals surface area contributed by atoms with Gasteiger partial charge in [0.15, 0.2) is 11.5 Å². The van der Waals surface area contributed by atoms with Crippen molar-refractivity contribution in [2.45, 2.75) is 13.8 Å². The highest BCUT2D eigenvalue weighted by atomic mass is 16.3. The van der Waals surface area contributed by atoms with Crippen molar-refractivity contribution in [1.29, 1.82) is 0 Å². The quantitative estimate of drug-likeness (QED) is 0.335. The van der Waals surface area contributed by atoms with E-state index in [9.17, 15) is 0 Å². The number of furan rings is 1. The van der Waals surface area contributed by atoms with Crippen molar-refractivity contribution >= 4 is 33.1 Å². The van der Waals surface area contributed by atoms with E-state index in [0.717, 1.165) is 55.7 Å². The topological polar surface area (TPSA) is 43.9 Å². The minimum absolute atomic E-state index is 0.832. The molecule has 4 heteroatoms. The molecule has 0 atom stereocenters. The smallest absolute Gasteiger partial charge is 0.164 e. The molecule has 0 spiro atoms. The van der Waals surface area contributed by atoms with Crippen molar-refractivity contribution in [2.75, 3.05) is 0 Å². The molecule has 0 aliphatic rings. The van der Waals surface area contributed by atoms with Gasteiger partial charge in [0.25, 0.3) is 0 Å². The Hall–Kier alpha value is -3.92. The maximum atomic E-state index is 6.36. The van der Waals surface area contributed by atoms with E-state index in [1.165, 1.54) is 5.56 Å². The van der Waals surface area contributed by atoms with Crippen LogP contribution in [0, 0.1) is 13.8 Å². The number of aryl methyl sites for hydroxylation is 2. The van der Waals surface area contributed by atoms with Crippen LogP contribution in [0.3, 0.4) is 0 Å². The standard InChI is InChI=1S/C26H19N3O/c1-16-14-21-26(27-15-16)29(18-8-4-3-5-9-18)25(28-21)20-13-12-17(2)23-19-10-6-7-11-22(19)30-24(20)23/h3-15H,1-2H3. The summed E-state index contributed by atoms with van der Waals surface area (Å²) in [5.41, 5.74) is 7.73. The van der Waals surface area contributed by atoms with Crippen molar-refractivity contribution in [1.82, 2.24) is 14.5 Å². The Morgan fingerprint density at radius 3 is 2.53 bits per heavy atom. The first-order chi connectivity index (χ1) is 14.7. The Bertz CT molecular complexity index is 1560. The van der Waals surface area contributed by atoms with Gasteiger partial charge in [-0.3, -0.25) is 4.57 Å². The largest absolute Gasteiger partial charge is 0.455 e. The van der Waals surface area contributed by atoms with Crippen LogP contribution in [0.1, 0.15) is 11.1 Å². The van der Waals surface area contributed by atoms with Crippen molar-refractivity contribution in [3.05, 3.63) is 90.1 Å². The summed E-state index contributed by atoms with van der Waals surface area (Å²) < 4.78 is 8.47. The lowest BCUT2D eigenvalue weighted by Gasteiger charge is -2.10. The summed E-state index contributed by atoms with van der Waals surface area (Å²) in [7, 11) is 0. The first kappa shape index (κ1) is 17.0. The van der Waals surface area contributed by atoms with Crippen molar-refractivity contribution in [2.24, 2.45) is 0 Å². The number of hydrogen-bond donors (Lipinski definition) is 0. The molecule has 3 heterocycles. The van der Waals surface area contributed by atoms with Gasteiger partial charge in [-0.15, -0.1) is 0 Å². The second-order valence-corrected chi connectivity index (χ2v) is 7.69. The molecule has 0 aliphatic carbocycles. The fourth-order valence-corrected chi connectivity index (χ4v) is 4.24. The van der Waals surface area contributed by atoms with Gasteiger partial charge >= 0.3 is 0 Å². The van der Waals surface area contributed by atoms with Gasteiger partial charge in [0.05, 0.1) is 5.56 Å². The summed E-state index contributed by atoms with van der Waals surface area (Å²) >= 11 is 0. The molecule has 30 heavy (non-hydrogen) atoms. The molecule has 0 radical (unpaired) electrons. The Labute approximate surface area is 173 Å². The van der Waals surface area contributed by atoms with E-state index in [4.69, 9.17) is 14.4 Å². The van der Waals surface area contributed by atoms with Gasteiger partial charge in [-0.05, 0) is 55.3 Å². The predicted octanol–water partition coefficient (Wildman–Crippen LogP) is 6.60. The molecule has 144 valence electrons. The zero-order chi connectivity index (χ0) is 20.2. The summed E-state index contributed by atoms with van der Waals surface area (Å²) in [6.07, 6.45) is 1.89. The number of imidazole rings is 1. The number of hydrogen-bond acceptors (Lipinski definition) is 3. The lowest BCUT2D eigenvalue weighted by molar-refractivity contribution is 0.669. The number of para-hydroxylation sites is 2. The number of benzene rings is 3. The third-order valence-electron chi connectivity index (χ3n) is 5.62. The molecule has 6 aromatic rings. The molecule has 3 aromatic heterocycles. The number of fused-ring (bicyclic) bond motifs is 4. The molecule has 4 nitrogen and oxygen atoms in total. The highest BCUT2D eigenvalue weighted by molar-refractivity contribution is 6.11. The van der Waals surface area contributed by atoms with E-state index < -0.39 is 0 Å². The molecule has 0 aliphatic heterocycles. The summed E-state index contributed by atoms with van der Waals surface area (Å²) in [4.78, 5) is 9.72. The Balaban J connectivity index is 1.76. The van der Waals surface area contributed by atoms with E-state index in [0.29, 0.717) is 0 Å². The summed E-state index contributed by atoms with van der Waals surface area (Å²) in [5.74, 6) is 0.832. The lowest BCUT2D eigenvalue weighted by Crippen LogP contribution is -1.99. The fourth-order valence-electron chi connectivity index (χ4n) is 4.24.